The molecule has 1 unspecified atom stereocenters. The van der Waals surface area contributed by atoms with Gasteiger partial charge >= 0.3 is 0 Å². The number of amides is 1. The lowest BCUT2D eigenvalue weighted by atomic mass is 10.0. The lowest BCUT2D eigenvalue weighted by Crippen LogP contribution is -2.47. The molecule has 0 radical (unpaired) electrons. The third-order valence-electron chi connectivity index (χ3n) is 3.08. The first-order chi connectivity index (χ1) is 8.27. The Balaban J connectivity index is 1.71. The number of hydrogen-bond donors (Lipinski definition) is 2. The molecule has 2 rings (SSSR count). The van der Waals surface area contributed by atoms with E-state index in [2.05, 4.69) is 20.8 Å². The molecule has 6 heteroatoms. The number of aryl methyl sites for hydroxylation is 1. The number of rotatable bonds is 4. The molecule has 0 saturated carbocycles. The summed E-state index contributed by atoms with van der Waals surface area (Å²) in [5, 5.41) is 13.9. The van der Waals surface area contributed by atoms with Crippen LogP contribution in [-0.4, -0.2) is 39.8 Å². The van der Waals surface area contributed by atoms with E-state index in [1.807, 2.05) is 11.6 Å². The predicted octanol–water partition coefficient (Wildman–Crippen LogP) is -0.384. The van der Waals surface area contributed by atoms with Crippen LogP contribution in [0.2, 0.25) is 0 Å². The average Bonchev–Trinajstić information content (AvgIpc) is 2.76. The summed E-state index contributed by atoms with van der Waals surface area (Å²) in [6.07, 6.45) is 5.63. The smallest absolute Gasteiger partial charge is 0.237 e. The first-order valence-corrected chi connectivity index (χ1v) is 6.11. The van der Waals surface area contributed by atoms with Crippen molar-refractivity contribution in [1.29, 1.82) is 0 Å². The summed E-state index contributed by atoms with van der Waals surface area (Å²) in [5.74, 6) is 0.994. The number of nitrogens with one attached hydrogen (secondary N) is 2. The minimum Gasteiger partial charge on any atom is -0.354 e. The van der Waals surface area contributed by atoms with Crippen molar-refractivity contribution in [2.24, 2.45) is 7.05 Å². The van der Waals surface area contributed by atoms with Crippen molar-refractivity contribution >= 4 is 5.91 Å². The first-order valence-electron chi connectivity index (χ1n) is 6.11. The fourth-order valence-electron chi connectivity index (χ4n) is 2.03. The molecule has 2 N–H and O–H groups in total. The molecular weight excluding hydrogens is 218 g/mol. The van der Waals surface area contributed by atoms with E-state index in [9.17, 15) is 4.79 Å². The number of hydrogen-bond acceptors (Lipinski definition) is 4. The van der Waals surface area contributed by atoms with E-state index in [0.29, 0.717) is 6.54 Å². The normalized spacial score (nSPS) is 20.2. The van der Waals surface area contributed by atoms with Gasteiger partial charge in [0.1, 0.15) is 12.2 Å². The monoisotopic (exact) mass is 237 g/mol. The van der Waals surface area contributed by atoms with E-state index < -0.39 is 0 Å². The van der Waals surface area contributed by atoms with E-state index in [-0.39, 0.29) is 11.9 Å². The van der Waals surface area contributed by atoms with Crippen LogP contribution in [0.5, 0.6) is 0 Å². The van der Waals surface area contributed by atoms with Crippen molar-refractivity contribution in [2.45, 2.75) is 31.7 Å². The van der Waals surface area contributed by atoms with E-state index in [1.165, 1.54) is 6.42 Å². The maximum absolute atomic E-state index is 11.8. The molecule has 1 atom stereocenters. The van der Waals surface area contributed by atoms with Gasteiger partial charge in [-0.1, -0.05) is 6.42 Å². The number of piperidine rings is 1. The van der Waals surface area contributed by atoms with Crippen LogP contribution >= 0.6 is 0 Å². The van der Waals surface area contributed by atoms with Gasteiger partial charge in [-0.15, -0.1) is 10.2 Å². The van der Waals surface area contributed by atoms with Gasteiger partial charge in [-0.05, 0) is 19.4 Å². The number of carbonyl (C=O) groups is 1. The second kappa shape index (κ2) is 5.77. The van der Waals surface area contributed by atoms with Crippen molar-refractivity contribution in [2.75, 3.05) is 13.1 Å². The third kappa shape index (κ3) is 3.26. The van der Waals surface area contributed by atoms with Crippen LogP contribution in [0.3, 0.4) is 0 Å². The Labute approximate surface area is 101 Å². The Morgan fingerprint density at radius 1 is 1.65 bits per heavy atom. The van der Waals surface area contributed by atoms with Gasteiger partial charge in [0.2, 0.25) is 5.91 Å². The van der Waals surface area contributed by atoms with E-state index in [0.717, 1.165) is 31.6 Å². The Hall–Kier alpha value is -1.43. The van der Waals surface area contributed by atoms with Crippen LogP contribution in [0.15, 0.2) is 6.33 Å². The van der Waals surface area contributed by atoms with Gasteiger partial charge in [0.15, 0.2) is 0 Å². The standard InChI is InChI=1S/C11H19N5O/c1-16-8-14-15-10(16)5-7-13-11(17)9-4-2-3-6-12-9/h8-9,12H,2-7H2,1H3,(H,13,17). The summed E-state index contributed by atoms with van der Waals surface area (Å²) < 4.78 is 1.87. The molecule has 6 nitrogen and oxygen atoms in total. The Kier molecular flexibility index (Phi) is 4.08. The molecule has 2 heterocycles. The van der Waals surface area contributed by atoms with E-state index in [4.69, 9.17) is 0 Å². The summed E-state index contributed by atoms with van der Waals surface area (Å²) in [4.78, 5) is 11.8. The second-order valence-corrected chi connectivity index (χ2v) is 4.40. The molecule has 1 fully saturated rings. The minimum absolute atomic E-state index is 0.0109. The zero-order valence-corrected chi connectivity index (χ0v) is 10.1. The minimum atomic E-state index is -0.0109. The van der Waals surface area contributed by atoms with Crippen LogP contribution in [0.4, 0.5) is 0 Å². The van der Waals surface area contributed by atoms with Crippen LogP contribution in [0.1, 0.15) is 25.1 Å². The molecule has 0 aliphatic carbocycles. The van der Waals surface area contributed by atoms with Gasteiger partial charge in [0.25, 0.3) is 0 Å². The highest BCUT2D eigenvalue weighted by Crippen LogP contribution is 2.06. The zero-order valence-electron chi connectivity index (χ0n) is 10.1. The molecule has 94 valence electrons. The molecule has 1 aliphatic heterocycles. The molecule has 0 aromatic carbocycles. The highest BCUT2D eigenvalue weighted by atomic mass is 16.2. The van der Waals surface area contributed by atoms with Crippen LogP contribution < -0.4 is 10.6 Å². The molecule has 1 aromatic heterocycles. The van der Waals surface area contributed by atoms with Crippen LogP contribution in [-0.2, 0) is 18.3 Å². The summed E-state index contributed by atoms with van der Waals surface area (Å²) in [5.41, 5.74) is 0. The van der Waals surface area contributed by atoms with Gasteiger partial charge in [-0.3, -0.25) is 4.79 Å². The Morgan fingerprint density at radius 3 is 3.18 bits per heavy atom. The van der Waals surface area contributed by atoms with E-state index in [1.54, 1.807) is 6.33 Å². The van der Waals surface area contributed by atoms with Crippen molar-refractivity contribution in [3.05, 3.63) is 12.2 Å². The van der Waals surface area contributed by atoms with Gasteiger partial charge in [-0.2, -0.15) is 0 Å². The largest absolute Gasteiger partial charge is 0.354 e. The van der Waals surface area contributed by atoms with Crippen molar-refractivity contribution in [3.8, 4) is 0 Å². The fourth-order valence-corrected chi connectivity index (χ4v) is 2.03. The van der Waals surface area contributed by atoms with E-state index >= 15 is 0 Å². The van der Waals surface area contributed by atoms with Crippen molar-refractivity contribution in [3.63, 3.8) is 0 Å². The fraction of sp³-hybridized carbons (Fsp3) is 0.727. The highest BCUT2D eigenvalue weighted by Gasteiger charge is 2.19. The van der Waals surface area contributed by atoms with Gasteiger partial charge < -0.3 is 15.2 Å². The molecule has 1 saturated heterocycles. The summed E-state index contributed by atoms with van der Waals surface area (Å²) >= 11 is 0. The SMILES string of the molecule is Cn1cnnc1CCNC(=O)C1CCCCN1. The molecular formula is C11H19N5O. The molecule has 17 heavy (non-hydrogen) atoms. The van der Waals surface area contributed by atoms with Crippen molar-refractivity contribution in [1.82, 2.24) is 25.4 Å². The van der Waals surface area contributed by atoms with Gasteiger partial charge in [0.05, 0.1) is 6.04 Å². The summed E-state index contributed by atoms with van der Waals surface area (Å²) in [7, 11) is 1.90. The maximum Gasteiger partial charge on any atom is 0.237 e. The molecule has 0 spiro atoms. The van der Waals surface area contributed by atoms with Gasteiger partial charge in [0, 0.05) is 20.0 Å². The topological polar surface area (TPSA) is 71.8 Å². The second-order valence-electron chi connectivity index (χ2n) is 4.40. The molecule has 0 bridgehead atoms. The Bertz CT molecular complexity index is 370. The van der Waals surface area contributed by atoms with Crippen LogP contribution in [0, 0.1) is 0 Å². The lowest BCUT2D eigenvalue weighted by molar-refractivity contribution is -0.123. The third-order valence-corrected chi connectivity index (χ3v) is 3.08. The predicted molar refractivity (Wildman–Crippen MR) is 63.4 cm³/mol. The number of nitrogens with zero attached hydrogens (tertiary/aromatic N) is 3. The van der Waals surface area contributed by atoms with Crippen LogP contribution in [0.25, 0.3) is 0 Å². The average molecular weight is 237 g/mol. The van der Waals surface area contributed by atoms with Crippen molar-refractivity contribution < 1.29 is 4.79 Å². The quantitative estimate of drug-likeness (QED) is 0.748. The maximum atomic E-state index is 11.8. The number of aromatic nitrogens is 3. The Morgan fingerprint density at radius 2 is 2.53 bits per heavy atom. The number of carbonyl (C=O) groups excluding carboxylic acids is 1. The zero-order chi connectivity index (χ0) is 12.1. The summed E-state index contributed by atoms with van der Waals surface area (Å²) in [6.45, 7) is 1.56. The lowest BCUT2D eigenvalue weighted by Gasteiger charge is -2.22. The van der Waals surface area contributed by atoms with Gasteiger partial charge in [-0.25, -0.2) is 0 Å². The molecule has 1 aromatic rings. The molecule has 1 amide bonds. The highest BCUT2D eigenvalue weighted by molar-refractivity contribution is 5.81. The first kappa shape index (κ1) is 12.0. The molecule has 1 aliphatic rings. The summed E-state index contributed by atoms with van der Waals surface area (Å²) in [6, 6.07) is -0.0109.